The molecule has 0 saturated carbocycles. The minimum Gasteiger partial charge on any atom is -0.478 e. The number of ether oxygens (including phenoxy) is 1. The van der Waals surface area contributed by atoms with E-state index in [4.69, 9.17) is 4.74 Å². The van der Waals surface area contributed by atoms with Crippen LogP contribution in [-0.2, 0) is 9.53 Å². The minimum atomic E-state index is -0.903. The van der Waals surface area contributed by atoms with Gasteiger partial charge in [0.05, 0.1) is 17.8 Å². The van der Waals surface area contributed by atoms with Crippen LogP contribution in [0.1, 0.15) is 25.3 Å². The molecule has 1 aromatic rings. The van der Waals surface area contributed by atoms with Crippen LogP contribution in [0.2, 0.25) is 0 Å². The molecular formula is C14H16O3. The molecule has 1 heterocycles. The summed E-state index contributed by atoms with van der Waals surface area (Å²) in [5, 5.41) is 9.23. The molecule has 0 bridgehead atoms. The zero-order valence-corrected chi connectivity index (χ0v) is 9.80. The van der Waals surface area contributed by atoms with Gasteiger partial charge in [0.15, 0.2) is 0 Å². The van der Waals surface area contributed by atoms with E-state index in [0.717, 1.165) is 18.4 Å². The van der Waals surface area contributed by atoms with Crippen LogP contribution in [0, 0.1) is 0 Å². The highest BCUT2D eigenvalue weighted by Gasteiger charge is 2.22. The number of carboxylic acids is 1. The number of rotatable bonds is 3. The third-order valence-electron chi connectivity index (χ3n) is 2.93. The first-order valence-corrected chi connectivity index (χ1v) is 5.83. The number of carbonyl (C=O) groups is 1. The normalized spacial score (nSPS) is 24.9. The smallest absolute Gasteiger partial charge is 0.336 e. The van der Waals surface area contributed by atoms with E-state index in [2.05, 4.69) is 0 Å². The van der Waals surface area contributed by atoms with E-state index in [1.165, 1.54) is 0 Å². The van der Waals surface area contributed by atoms with Gasteiger partial charge in [-0.05, 0) is 31.4 Å². The largest absolute Gasteiger partial charge is 0.478 e. The van der Waals surface area contributed by atoms with E-state index in [0.29, 0.717) is 5.57 Å². The zero-order chi connectivity index (χ0) is 12.3. The molecule has 17 heavy (non-hydrogen) atoms. The van der Waals surface area contributed by atoms with Gasteiger partial charge in [-0.3, -0.25) is 0 Å². The van der Waals surface area contributed by atoms with Crippen LogP contribution in [0.4, 0.5) is 0 Å². The zero-order valence-electron chi connectivity index (χ0n) is 9.80. The van der Waals surface area contributed by atoms with Crippen molar-refractivity contribution in [3.05, 3.63) is 42.0 Å². The second-order valence-corrected chi connectivity index (χ2v) is 4.31. The molecule has 0 radical (unpaired) electrons. The quantitative estimate of drug-likeness (QED) is 0.815. The van der Waals surface area contributed by atoms with Crippen molar-refractivity contribution in [1.29, 1.82) is 0 Å². The molecule has 1 aromatic carbocycles. The molecule has 2 rings (SSSR count). The van der Waals surface area contributed by atoms with Crippen LogP contribution in [0.3, 0.4) is 0 Å². The number of carboxylic acid groups (broad SMARTS) is 1. The topological polar surface area (TPSA) is 46.5 Å². The molecule has 0 aromatic heterocycles. The molecule has 0 aliphatic carbocycles. The number of hydrogen-bond acceptors (Lipinski definition) is 2. The van der Waals surface area contributed by atoms with E-state index >= 15 is 0 Å². The van der Waals surface area contributed by atoms with Gasteiger partial charge in [-0.25, -0.2) is 4.79 Å². The van der Waals surface area contributed by atoms with E-state index in [-0.39, 0.29) is 12.2 Å². The molecule has 0 amide bonds. The van der Waals surface area contributed by atoms with E-state index in [9.17, 15) is 9.90 Å². The van der Waals surface area contributed by atoms with Crippen LogP contribution in [-0.4, -0.2) is 23.3 Å². The lowest BCUT2D eigenvalue weighted by Gasteiger charge is -2.08. The Balaban J connectivity index is 2.24. The summed E-state index contributed by atoms with van der Waals surface area (Å²) in [6, 6.07) is 9.16. The summed E-state index contributed by atoms with van der Waals surface area (Å²) in [6.45, 7) is 2.01. The van der Waals surface area contributed by atoms with Crippen LogP contribution < -0.4 is 0 Å². The van der Waals surface area contributed by atoms with Crippen molar-refractivity contribution in [2.24, 2.45) is 0 Å². The summed E-state index contributed by atoms with van der Waals surface area (Å²) in [4.78, 5) is 11.2. The Hall–Kier alpha value is -1.61. The molecule has 3 heteroatoms. The minimum absolute atomic E-state index is 0.0729. The number of hydrogen-bond donors (Lipinski definition) is 1. The van der Waals surface area contributed by atoms with Crippen molar-refractivity contribution in [3.8, 4) is 0 Å². The van der Waals surface area contributed by atoms with Gasteiger partial charge in [-0.2, -0.15) is 0 Å². The summed E-state index contributed by atoms with van der Waals surface area (Å²) in [7, 11) is 0. The van der Waals surface area contributed by atoms with Gasteiger partial charge in [0.25, 0.3) is 0 Å². The standard InChI is InChI=1S/C14H16O3/c1-10-7-8-12(17-10)9-13(14(15)16)11-5-3-2-4-6-11/h2-6,9-10,12H,7-8H2,1H3,(H,15,16)/b13-9+. The first-order chi connectivity index (χ1) is 8.16. The average molecular weight is 232 g/mol. The lowest BCUT2D eigenvalue weighted by Crippen LogP contribution is -2.09. The first-order valence-electron chi connectivity index (χ1n) is 5.83. The lowest BCUT2D eigenvalue weighted by atomic mass is 10.0. The molecule has 1 saturated heterocycles. The van der Waals surface area contributed by atoms with Gasteiger partial charge in [0, 0.05) is 0 Å². The van der Waals surface area contributed by atoms with Crippen LogP contribution in [0.5, 0.6) is 0 Å². The summed E-state index contributed by atoms with van der Waals surface area (Å²) in [6.07, 6.45) is 3.76. The van der Waals surface area contributed by atoms with Gasteiger partial charge >= 0.3 is 5.97 Å². The predicted molar refractivity (Wildman–Crippen MR) is 65.6 cm³/mol. The molecular weight excluding hydrogens is 216 g/mol. The monoisotopic (exact) mass is 232 g/mol. The second kappa shape index (κ2) is 5.15. The fourth-order valence-electron chi connectivity index (χ4n) is 2.05. The lowest BCUT2D eigenvalue weighted by molar-refractivity contribution is -0.130. The SMILES string of the molecule is CC1CCC(/C=C(/C(=O)O)c2ccccc2)O1. The maximum absolute atomic E-state index is 11.2. The Morgan fingerprint density at radius 2 is 2.06 bits per heavy atom. The predicted octanol–water partition coefficient (Wildman–Crippen LogP) is 2.72. The average Bonchev–Trinajstić information content (AvgIpc) is 2.73. The summed E-state index contributed by atoms with van der Waals surface area (Å²) in [5.74, 6) is -0.903. The van der Waals surface area contributed by atoms with Gasteiger partial charge < -0.3 is 9.84 Å². The van der Waals surface area contributed by atoms with Gasteiger partial charge in [0.2, 0.25) is 0 Å². The van der Waals surface area contributed by atoms with E-state index in [1.807, 2.05) is 25.1 Å². The molecule has 1 aliphatic heterocycles. The van der Waals surface area contributed by atoms with Crippen molar-refractivity contribution in [2.45, 2.75) is 32.0 Å². The Morgan fingerprint density at radius 3 is 2.59 bits per heavy atom. The van der Waals surface area contributed by atoms with Crippen LogP contribution >= 0.6 is 0 Å². The molecule has 1 fully saturated rings. The van der Waals surface area contributed by atoms with Crippen molar-refractivity contribution in [1.82, 2.24) is 0 Å². The first kappa shape index (κ1) is 11.9. The van der Waals surface area contributed by atoms with Crippen molar-refractivity contribution in [3.63, 3.8) is 0 Å². The fraction of sp³-hybridized carbons (Fsp3) is 0.357. The molecule has 1 N–H and O–H groups in total. The van der Waals surface area contributed by atoms with E-state index < -0.39 is 5.97 Å². The summed E-state index contributed by atoms with van der Waals surface area (Å²) < 4.78 is 5.62. The Labute approximate surface area is 101 Å². The van der Waals surface area contributed by atoms with Gasteiger partial charge in [-0.15, -0.1) is 0 Å². The molecule has 2 unspecified atom stereocenters. The molecule has 3 nitrogen and oxygen atoms in total. The molecule has 1 aliphatic rings. The Kier molecular flexibility index (Phi) is 3.59. The molecule has 90 valence electrons. The maximum Gasteiger partial charge on any atom is 0.336 e. The summed E-state index contributed by atoms with van der Waals surface area (Å²) >= 11 is 0. The maximum atomic E-state index is 11.2. The van der Waals surface area contributed by atoms with Crippen LogP contribution in [0.25, 0.3) is 5.57 Å². The Morgan fingerprint density at radius 1 is 1.35 bits per heavy atom. The fourth-order valence-corrected chi connectivity index (χ4v) is 2.05. The van der Waals surface area contributed by atoms with E-state index in [1.54, 1.807) is 18.2 Å². The third kappa shape index (κ3) is 2.94. The summed E-state index contributed by atoms with van der Waals surface area (Å²) in [5.41, 5.74) is 1.05. The van der Waals surface area contributed by atoms with Gasteiger partial charge in [-0.1, -0.05) is 30.3 Å². The molecule has 0 spiro atoms. The third-order valence-corrected chi connectivity index (χ3v) is 2.93. The number of benzene rings is 1. The van der Waals surface area contributed by atoms with Crippen molar-refractivity contribution in [2.75, 3.05) is 0 Å². The Bertz CT molecular complexity index is 422. The van der Waals surface area contributed by atoms with Gasteiger partial charge in [0.1, 0.15) is 0 Å². The molecule has 2 atom stereocenters. The van der Waals surface area contributed by atoms with Crippen LogP contribution in [0.15, 0.2) is 36.4 Å². The second-order valence-electron chi connectivity index (χ2n) is 4.31. The van der Waals surface area contributed by atoms with Crippen molar-refractivity contribution < 1.29 is 14.6 Å². The highest BCUT2D eigenvalue weighted by Crippen LogP contribution is 2.24. The van der Waals surface area contributed by atoms with Crippen molar-refractivity contribution >= 4 is 11.5 Å². The highest BCUT2D eigenvalue weighted by molar-refractivity contribution is 6.15. The highest BCUT2D eigenvalue weighted by atomic mass is 16.5. The number of aliphatic carboxylic acids is 1.